The first-order valence-corrected chi connectivity index (χ1v) is 3.35. The monoisotopic (exact) mass is 151 g/mol. The van der Waals surface area contributed by atoms with Crippen LogP contribution < -0.4 is 5.32 Å². The zero-order valence-corrected chi connectivity index (χ0v) is 6.48. The maximum absolute atomic E-state index is 7.15. The summed E-state index contributed by atoms with van der Waals surface area (Å²) < 4.78 is 0. The van der Waals surface area contributed by atoms with Gasteiger partial charge in [0.1, 0.15) is 0 Å². The summed E-state index contributed by atoms with van der Waals surface area (Å²) in [4.78, 5) is 0. The number of nitrogens with one attached hydrogen (secondary N) is 3. The fourth-order valence-corrected chi connectivity index (χ4v) is 0.507. The SMILES string of the molecule is C=CCCNC(=C)C(=N)C=N. The highest BCUT2D eigenvalue weighted by molar-refractivity contribution is 6.35. The van der Waals surface area contributed by atoms with Gasteiger partial charge in [0.05, 0.1) is 11.4 Å². The summed E-state index contributed by atoms with van der Waals surface area (Å²) in [5.41, 5.74) is 0.607. The molecular formula is C8H13N3. The summed E-state index contributed by atoms with van der Waals surface area (Å²) >= 11 is 0. The Morgan fingerprint density at radius 1 is 1.55 bits per heavy atom. The molecule has 0 saturated heterocycles. The van der Waals surface area contributed by atoms with E-state index in [1.54, 1.807) is 6.08 Å². The standard InChI is InChI=1S/C8H13N3/c1-3-4-5-11-7(2)8(10)6-9/h3,6,9-11H,1-2,4-5H2. The average Bonchev–Trinajstić information content (AvgIpc) is 2.03. The van der Waals surface area contributed by atoms with E-state index in [0.29, 0.717) is 5.70 Å². The second-order valence-electron chi connectivity index (χ2n) is 2.04. The molecule has 3 nitrogen and oxygen atoms in total. The van der Waals surface area contributed by atoms with Crippen LogP contribution in [0.2, 0.25) is 0 Å². The molecule has 0 aromatic heterocycles. The second-order valence-corrected chi connectivity index (χ2v) is 2.04. The highest BCUT2D eigenvalue weighted by atomic mass is 14.9. The van der Waals surface area contributed by atoms with Gasteiger partial charge in [-0.15, -0.1) is 6.58 Å². The molecule has 0 aromatic rings. The predicted molar refractivity (Wildman–Crippen MR) is 48.5 cm³/mol. The van der Waals surface area contributed by atoms with Crippen molar-refractivity contribution < 1.29 is 0 Å². The van der Waals surface area contributed by atoms with E-state index in [2.05, 4.69) is 18.5 Å². The summed E-state index contributed by atoms with van der Waals surface area (Å²) in [6.07, 6.45) is 3.59. The Kier molecular flexibility index (Phi) is 4.73. The van der Waals surface area contributed by atoms with Crippen LogP contribution in [0.5, 0.6) is 0 Å². The third-order valence-electron chi connectivity index (χ3n) is 1.16. The highest BCUT2D eigenvalue weighted by Crippen LogP contribution is 1.85. The van der Waals surface area contributed by atoms with Gasteiger partial charge in [-0.2, -0.15) is 0 Å². The highest BCUT2D eigenvalue weighted by Gasteiger charge is 1.95. The van der Waals surface area contributed by atoms with Crippen molar-refractivity contribution in [2.75, 3.05) is 6.54 Å². The maximum atomic E-state index is 7.15. The molecule has 0 radical (unpaired) electrons. The Hall–Kier alpha value is -1.38. The number of hydrogen-bond acceptors (Lipinski definition) is 3. The maximum Gasteiger partial charge on any atom is 0.0940 e. The Morgan fingerprint density at radius 2 is 2.18 bits per heavy atom. The summed E-state index contributed by atoms with van der Waals surface area (Å²) in [7, 11) is 0. The molecule has 0 spiro atoms. The van der Waals surface area contributed by atoms with Gasteiger partial charge >= 0.3 is 0 Å². The molecule has 0 fully saturated rings. The van der Waals surface area contributed by atoms with E-state index in [1.807, 2.05) is 0 Å². The van der Waals surface area contributed by atoms with Gasteiger partial charge in [-0.3, -0.25) is 5.41 Å². The van der Waals surface area contributed by atoms with Crippen molar-refractivity contribution >= 4 is 11.9 Å². The van der Waals surface area contributed by atoms with E-state index in [1.165, 1.54) is 0 Å². The van der Waals surface area contributed by atoms with Crippen molar-refractivity contribution in [2.45, 2.75) is 6.42 Å². The van der Waals surface area contributed by atoms with Gasteiger partial charge in [-0.05, 0) is 6.42 Å². The molecule has 0 aromatic carbocycles. The Labute approximate surface area is 66.8 Å². The molecule has 0 bridgehead atoms. The van der Waals surface area contributed by atoms with Crippen LogP contribution >= 0.6 is 0 Å². The number of hydrogen-bond donors (Lipinski definition) is 3. The van der Waals surface area contributed by atoms with Crippen LogP contribution in [0.1, 0.15) is 6.42 Å². The number of allylic oxidation sites excluding steroid dienone is 1. The molecule has 0 atom stereocenters. The van der Waals surface area contributed by atoms with Crippen LogP contribution in [0.25, 0.3) is 0 Å². The lowest BCUT2D eigenvalue weighted by molar-refractivity contribution is 0.834. The molecule has 0 heterocycles. The molecule has 3 heteroatoms. The normalized spacial score (nSPS) is 8.36. The van der Waals surface area contributed by atoms with Crippen LogP contribution in [0.15, 0.2) is 24.9 Å². The van der Waals surface area contributed by atoms with Crippen molar-refractivity contribution in [1.82, 2.24) is 5.32 Å². The van der Waals surface area contributed by atoms with Crippen molar-refractivity contribution in [3.05, 3.63) is 24.9 Å². The predicted octanol–water partition coefficient (Wildman–Crippen LogP) is 1.34. The van der Waals surface area contributed by atoms with Crippen LogP contribution in [0.4, 0.5) is 0 Å². The lowest BCUT2D eigenvalue weighted by atomic mass is 10.3. The molecule has 0 amide bonds. The molecule has 0 aliphatic heterocycles. The Morgan fingerprint density at radius 3 is 2.64 bits per heavy atom. The van der Waals surface area contributed by atoms with Crippen LogP contribution in [-0.2, 0) is 0 Å². The molecule has 0 saturated carbocycles. The number of rotatable bonds is 6. The van der Waals surface area contributed by atoms with Crippen LogP contribution in [0, 0.1) is 10.8 Å². The topological polar surface area (TPSA) is 59.7 Å². The van der Waals surface area contributed by atoms with Gasteiger partial charge < -0.3 is 10.7 Å². The molecule has 0 aliphatic rings. The van der Waals surface area contributed by atoms with Gasteiger partial charge in [0.25, 0.3) is 0 Å². The minimum atomic E-state index is 0.120. The summed E-state index contributed by atoms with van der Waals surface area (Å²) in [5.74, 6) is 0. The summed E-state index contributed by atoms with van der Waals surface area (Å²) in [6.45, 7) is 7.85. The molecule has 3 N–H and O–H groups in total. The molecule has 60 valence electrons. The summed E-state index contributed by atoms with van der Waals surface area (Å²) in [5, 5.41) is 16.8. The van der Waals surface area contributed by atoms with Crippen molar-refractivity contribution in [3.8, 4) is 0 Å². The smallest absolute Gasteiger partial charge is 0.0940 e. The molecule has 0 rings (SSSR count). The zero-order chi connectivity index (χ0) is 8.69. The molecule has 0 unspecified atom stereocenters. The molecule has 11 heavy (non-hydrogen) atoms. The fourth-order valence-electron chi connectivity index (χ4n) is 0.507. The quantitative estimate of drug-likeness (QED) is 0.299. The largest absolute Gasteiger partial charge is 0.383 e. The lowest BCUT2D eigenvalue weighted by Crippen LogP contribution is -2.20. The van der Waals surface area contributed by atoms with E-state index in [4.69, 9.17) is 10.8 Å². The van der Waals surface area contributed by atoms with Gasteiger partial charge in [0, 0.05) is 12.8 Å². The zero-order valence-electron chi connectivity index (χ0n) is 6.48. The van der Waals surface area contributed by atoms with E-state index >= 15 is 0 Å². The Balaban J connectivity index is 3.60. The minimum absolute atomic E-state index is 0.120. The molecule has 0 aliphatic carbocycles. The first-order valence-electron chi connectivity index (χ1n) is 3.35. The van der Waals surface area contributed by atoms with Gasteiger partial charge in [-0.1, -0.05) is 12.7 Å². The van der Waals surface area contributed by atoms with E-state index < -0.39 is 0 Å². The molecular weight excluding hydrogens is 138 g/mol. The third-order valence-corrected chi connectivity index (χ3v) is 1.16. The second kappa shape index (κ2) is 5.41. The lowest BCUT2D eigenvalue weighted by Gasteiger charge is -2.04. The van der Waals surface area contributed by atoms with Gasteiger partial charge in [0.15, 0.2) is 0 Å². The van der Waals surface area contributed by atoms with Crippen molar-refractivity contribution in [2.24, 2.45) is 0 Å². The van der Waals surface area contributed by atoms with Crippen LogP contribution in [0.3, 0.4) is 0 Å². The first kappa shape index (κ1) is 9.62. The van der Waals surface area contributed by atoms with Crippen molar-refractivity contribution in [3.63, 3.8) is 0 Å². The van der Waals surface area contributed by atoms with Gasteiger partial charge in [0.2, 0.25) is 0 Å². The first-order chi connectivity index (χ1) is 5.22. The van der Waals surface area contributed by atoms with Crippen LogP contribution in [-0.4, -0.2) is 18.5 Å². The minimum Gasteiger partial charge on any atom is -0.383 e. The van der Waals surface area contributed by atoms with E-state index in [9.17, 15) is 0 Å². The fraction of sp³-hybridized carbons (Fsp3) is 0.250. The van der Waals surface area contributed by atoms with E-state index in [0.717, 1.165) is 19.2 Å². The Bertz CT molecular complexity index is 182. The van der Waals surface area contributed by atoms with E-state index in [-0.39, 0.29) is 5.71 Å². The third kappa shape index (κ3) is 4.08. The van der Waals surface area contributed by atoms with Crippen molar-refractivity contribution in [1.29, 1.82) is 10.8 Å². The average molecular weight is 151 g/mol. The van der Waals surface area contributed by atoms with Gasteiger partial charge in [-0.25, -0.2) is 0 Å². The summed E-state index contributed by atoms with van der Waals surface area (Å²) in [6, 6.07) is 0.